The summed E-state index contributed by atoms with van der Waals surface area (Å²) in [6.45, 7) is 0. The molecule has 0 aromatic heterocycles. The number of carbonyl (C=O) groups is 2. The molecule has 0 spiro atoms. The van der Waals surface area contributed by atoms with Crippen molar-refractivity contribution in [1.29, 1.82) is 0 Å². The van der Waals surface area contributed by atoms with Gasteiger partial charge in [0.25, 0.3) is 0 Å². The van der Waals surface area contributed by atoms with Crippen LogP contribution in [0.3, 0.4) is 0 Å². The highest BCUT2D eigenvalue weighted by molar-refractivity contribution is 5.78. The predicted octanol–water partition coefficient (Wildman–Crippen LogP) is 0.130. The van der Waals surface area contributed by atoms with Gasteiger partial charge in [-0.3, -0.25) is 9.59 Å². The molecular weight excluding hydrogens is 146 g/mol. The molecule has 1 aliphatic heterocycles. The summed E-state index contributed by atoms with van der Waals surface area (Å²) in [5.41, 5.74) is 0. The minimum absolute atomic E-state index is 0.0255. The predicted molar refractivity (Wildman–Crippen MR) is 38.0 cm³/mol. The molecule has 62 valence electrons. The smallest absolute Gasteiger partial charge is 0.305 e. The second-order valence-electron chi connectivity index (χ2n) is 2.75. The van der Waals surface area contributed by atoms with E-state index in [1.165, 1.54) is 0 Å². The van der Waals surface area contributed by atoms with Gasteiger partial charge in [0, 0.05) is 12.5 Å². The molecule has 1 fully saturated rings. The molecule has 2 N–H and O–H groups in total. The Hall–Kier alpha value is -1.06. The van der Waals surface area contributed by atoms with Gasteiger partial charge in [-0.05, 0) is 12.8 Å². The van der Waals surface area contributed by atoms with Crippen molar-refractivity contribution in [2.75, 3.05) is 0 Å². The van der Waals surface area contributed by atoms with E-state index >= 15 is 0 Å². The molecule has 0 saturated carbocycles. The number of rotatable bonds is 2. The first-order valence-electron chi connectivity index (χ1n) is 3.69. The highest BCUT2D eigenvalue weighted by Gasteiger charge is 2.19. The number of hydrogen-bond donors (Lipinski definition) is 2. The molecule has 0 unspecified atom stereocenters. The van der Waals surface area contributed by atoms with E-state index in [2.05, 4.69) is 5.32 Å². The lowest BCUT2D eigenvalue weighted by Crippen LogP contribution is -2.39. The zero-order valence-electron chi connectivity index (χ0n) is 6.17. The van der Waals surface area contributed by atoms with Gasteiger partial charge in [-0.25, -0.2) is 0 Å². The van der Waals surface area contributed by atoms with Gasteiger partial charge in [-0.2, -0.15) is 0 Å². The lowest BCUT2D eigenvalue weighted by molar-refractivity contribution is -0.138. The Morgan fingerprint density at radius 3 is 3.00 bits per heavy atom. The number of aliphatic carboxylic acids is 1. The fourth-order valence-corrected chi connectivity index (χ4v) is 1.24. The molecule has 0 aromatic carbocycles. The molecule has 0 aromatic rings. The number of amides is 1. The van der Waals surface area contributed by atoms with Crippen LogP contribution in [0, 0.1) is 0 Å². The van der Waals surface area contributed by atoms with Crippen molar-refractivity contribution in [3.63, 3.8) is 0 Å². The molecule has 1 heterocycles. The van der Waals surface area contributed by atoms with E-state index in [-0.39, 0.29) is 18.4 Å². The molecule has 0 aliphatic carbocycles. The van der Waals surface area contributed by atoms with Crippen LogP contribution in [0.25, 0.3) is 0 Å². The molecule has 0 radical (unpaired) electrons. The van der Waals surface area contributed by atoms with Crippen LogP contribution in [-0.4, -0.2) is 23.0 Å². The largest absolute Gasteiger partial charge is 0.481 e. The lowest BCUT2D eigenvalue weighted by Gasteiger charge is -2.21. The first kappa shape index (κ1) is 8.04. The lowest BCUT2D eigenvalue weighted by atomic mass is 10.0. The second-order valence-corrected chi connectivity index (χ2v) is 2.75. The Morgan fingerprint density at radius 2 is 2.45 bits per heavy atom. The van der Waals surface area contributed by atoms with Crippen LogP contribution >= 0.6 is 0 Å². The van der Waals surface area contributed by atoms with Crippen molar-refractivity contribution in [2.45, 2.75) is 31.7 Å². The summed E-state index contributed by atoms with van der Waals surface area (Å²) in [6.07, 6.45) is 2.18. The van der Waals surface area contributed by atoms with Gasteiger partial charge in [0.2, 0.25) is 5.91 Å². The van der Waals surface area contributed by atoms with E-state index in [1.807, 2.05) is 0 Å². The number of hydrogen-bond acceptors (Lipinski definition) is 2. The van der Waals surface area contributed by atoms with Gasteiger partial charge in [0.1, 0.15) is 0 Å². The Balaban J connectivity index is 2.34. The quantitative estimate of drug-likeness (QED) is 0.598. The molecular formula is C7H11NO3. The maximum absolute atomic E-state index is 10.8. The molecule has 4 heteroatoms. The van der Waals surface area contributed by atoms with Crippen LogP contribution in [0.2, 0.25) is 0 Å². The minimum Gasteiger partial charge on any atom is -0.481 e. The van der Waals surface area contributed by atoms with Gasteiger partial charge in [0.05, 0.1) is 6.42 Å². The van der Waals surface area contributed by atoms with Gasteiger partial charge >= 0.3 is 5.97 Å². The molecule has 1 aliphatic rings. The van der Waals surface area contributed by atoms with E-state index in [9.17, 15) is 9.59 Å². The summed E-state index contributed by atoms with van der Waals surface area (Å²) in [5, 5.41) is 11.0. The van der Waals surface area contributed by atoms with Gasteiger partial charge in [-0.1, -0.05) is 0 Å². The average molecular weight is 157 g/mol. The maximum Gasteiger partial charge on any atom is 0.305 e. The third kappa shape index (κ3) is 2.57. The van der Waals surface area contributed by atoms with Crippen molar-refractivity contribution in [3.05, 3.63) is 0 Å². The summed E-state index contributed by atoms with van der Waals surface area (Å²) in [7, 11) is 0. The van der Waals surface area contributed by atoms with Crippen molar-refractivity contribution in [3.8, 4) is 0 Å². The SMILES string of the molecule is O=C(O)C[C@H]1CCCC(=O)N1. The molecule has 11 heavy (non-hydrogen) atoms. The molecule has 1 atom stereocenters. The van der Waals surface area contributed by atoms with Crippen LogP contribution in [-0.2, 0) is 9.59 Å². The highest BCUT2D eigenvalue weighted by atomic mass is 16.4. The normalized spacial score (nSPS) is 24.4. The van der Waals surface area contributed by atoms with Gasteiger partial charge < -0.3 is 10.4 Å². The van der Waals surface area contributed by atoms with Crippen LogP contribution in [0.5, 0.6) is 0 Å². The molecule has 4 nitrogen and oxygen atoms in total. The first-order valence-corrected chi connectivity index (χ1v) is 3.69. The highest BCUT2D eigenvalue weighted by Crippen LogP contribution is 2.10. The molecule has 1 amide bonds. The fraction of sp³-hybridized carbons (Fsp3) is 0.714. The summed E-state index contributed by atoms with van der Waals surface area (Å²) in [5.74, 6) is -0.875. The topological polar surface area (TPSA) is 66.4 Å². The van der Waals surface area contributed by atoms with Crippen molar-refractivity contribution in [2.24, 2.45) is 0 Å². The summed E-state index contributed by atoms with van der Waals surface area (Å²) in [6, 6.07) is -0.145. The van der Waals surface area contributed by atoms with Crippen LogP contribution in [0.1, 0.15) is 25.7 Å². The Morgan fingerprint density at radius 1 is 1.73 bits per heavy atom. The monoisotopic (exact) mass is 157 g/mol. The summed E-state index contributed by atoms with van der Waals surface area (Å²) in [4.78, 5) is 21.0. The number of piperidine rings is 1. The summed E-state index contributed by atoms with van der Waals surface area (Å²) < 4.78 is 0. The van der Waals surface area contributed by atoms with E-state index in [4.69, 9.17) is 5.11 Å². The number of carboxylic acids is 1. The zero-order valence-corrected chi connectivity index (χ0v) is 6.17. The Labute approximate surface area is 64.6 Å². The Bertz CT molecular complexity index is 177. The number of carbonyl (C=O) groups excluding carboxylic acids is 1. The van der Waals surface area contributed by atoms with Gasteiger partial charge in [-0.15, -0.1) is 0 Å². The van der Waals surface area contributed by atoms with Crippen molar-refractivity contribution in [1.82, 2.24) is 5.32 Å². The first-order chi connectivity index (χ1) is 5.18. The van der Waals surface area contributed by atoms with E-state index in [0.29, 0.717) is 6.42 Å². The standard InChI is InChI=1S/C7H11NO3/c9-6-3-1-2-5(8-6)4-7(10)11/h5H,1-4H2,(H,8,9)(H,10,11)/t5-/m1/s1. The minimum atomic E-state index is -0.850. The summed E-state index contributed by atoms with van der Waals surface area (Å²) >= 11 is 0. The fourth-order valence-electron chi connectivity index (χ4n) is 1.24. The number of carboxylic acid groups (broad SMARTS) is 1. The molecule has 0 bridgehead atoms. The van der Waals surface area contributed by atoms with Crippen LogP contribution in [0.15, 0.2) is 0 Å². The average Bonchev–Trinajstić information content (AvgIpc) is 1.85. The van der Waals surface area contributed by atoms with E-state index in [0.717, 1.165) is 12.8 Å². The number of nitrogens with one attached hydrogen (secondary N) is 1. The van der Waals surface area contributed by atoms with E-state index < -0.39 is 5.97 Å². The second kappa shape index (κ2) is 3.37. The molecule has 1 saturated heterocycles. The zero-order chi connectivity index (χ0) is 8.27. The molecule has 1 rings (SSSR count). The third-order valence-electron chi connectivity index (χ3n) is 1.74. The van der Waals surface area contributed by atoms with Crippen molar-refractivity contribution >= 4 is 11.9 Å². The van der Waals surface area contributed by atoms with Crippen molar-refractivity contribution < 1.29 is 14.7 Å². The Kier molecular flexibility index (Phi) is 2.46. The maximum atomic E-state index is 10.8. The van der Waals surface area contributed by atoms with Gasteiger partial charge in [0.15, 0.2) is 0 Å². The van der Waals surface area contributed by atoms with Crippen LogP contribution in [0.4, 0.5) is 0 Å². The van der Waals surface area contributed by atoms with E-state index in [1.54, 1.807) is 0 Å². The van der Waals surface area contributed by atoms with Crippen LogP contribution < -0.4 is 5.32 Å². The third-order valence-corrected chi connectivity index (χ3v) is 1.74.